The van der Waals surface area contributed by atoms with E-state index in [0.717, 1.165) is 27.4 Å². The average molecular weight is 402 g/mol. The van der Waals surface area contributed by atoms with Gasteiger partial charge < -0.3 is 0 Å². The van der Waals surface area contributed by atoms with Crippen molar-refractivity contribution in [1.29, 1.82) is 0 Å². The summed E-state index contributed by atoms with van der Waals surface area (Å²) in [5.74, 6) is -0.187. The van der Waals surface area contributed by atoms with Crippen LogP contribution in [0.5, 0.6) is 0 Å². The van der Waals surface area contributed by atoms with E-state index in [1.54, 1.807) is 24.1 Å². The molecule has 6 nitrogen and oxygen atoms in total. The fourth-order valence-corrected chi connectivity index (χ4v) is 4.28. The molecule has 9 heteroatoms. The molecule has 3 heterocycles. The van der Waals surface area contributed by atoms with Crippen molar-refractivity contribution in [2.45, 2.75) is 13.5 Å². The Bertz CT molecular complexity index is 1080. The van der Waals surface area contributed by atoms with Gasteiger partial charge in [-0.15, -0.1) is 5.10 Å². The number of fused-ring (bicyclic) bond motifs is 1. The number of hydrogen-bond donors (Lipinski definition) is 0. The number of aromatic nitrogens is 4. The third kappa shape index (κ3) is 3.31. The van der Waals surface area contributed by atoms with Crippen molar-refractivity contribution in [2.24, 2.45) is 0 Å². The van der Waals surface area contributed by atoms with E-state index in [-0.39, 0.29) is 5.91 Å². The summed E-state index contributed by atoms with van der Waals surface area (Å²) in [7, 11) is 0. The number of carbonyl (C=O) groups excluding carboxylic acids is 1. The maximum absolute atomic E-state index is 13.1. The maximum atomic E-state index is 13.1. The van der Waals surface area contributed by atoms with E-state index in [9.17, 15) is 4.79 Å². The molecule has 1 aromatic carbocycles. The molecular formula is C17H12ClN5OS2. The van der Waals surface area contributed by atoms with E-state index in [2.05, 4.69) is 19.6 Å². The Morgan fingerprint density at radius 1 is 1.27 bits per heavy atom. The number of pyridine rings is 1. The summed E-state index contributed by atoms with van der Waals surface area (Å²) in [5.41, 5.74) is 2.18. The monoisotopic (exact) mass is 401 g/mol. The highest BCUT2D eigenvalue weighted by Crippen LogP contribution is 2.32. The fourth-order valence-electron chi connectivity index (χ4n) is 2.43. The molecule has 0 unspecified atom stereocenters. The van der Waals surface area contributed by atoms with Crippen LogP contribution in [0.2, 0.25) is 5.02 Å². The smallest absolute Gasteiger partial charge is 0.274 e. The largest absolute Gasteiger partial charge is 0.277 e. The first kappa shape index (κ1) is 17.0. The average Bonchev–Trinajstić information content (AvgIpc) is 3.25. The Balaban J connectivity index is 1.78. The van der Waals surface area contributed by atoms with Gasteiger partial charge in [-0.25, -0.2) is 4.98 Å². The summed E-state index contributed by atoms with van der Waals surface area (Å²) >= 11 is 8.57. The van der Waals surface area contributed by atoms with Crippen molar-refractivity contribution in [3.05, 3.63) is 63.9 Å². The van der Waals surface area contributed by atoms with Gasteiger partial charge in [0.05, 0.1) is 28.1 Å². The highest BCUT2D eigenvalue weighted by atomic mass is 35.5. The molecule has 0 aliphatic rings. The standard InChI is InChI=1S/C17H12ClN5OS2/c1-10-15(26-22-21-10)16(24)23(9-12-4-2-3-7-19-12)17-20-13-6-5-11(18)8-14(13)25-17/h2-8H,9H2,1H3. The minimum atomic E-state index is -0.187. The molecule has 0 bridgehead atoms. The first-order valence-corrected chi connectivity index (χ1v) is 9.65. The third-order valence-electron chi connectivity index (χ3n) is 3.71. The van der Waals surface area contributed by atoms with Crippen LogP contribution in [0, 0.1) is 6.92 Å². The Hall–Kier alpha value is -2.42. The van der Waals surface area contributed by atoms with Crippen molar-refractivity contribution >= 4 is 55.7 Å². The molecule has 1 amide bonds. The van der Waals surface area contributed by atoms with Crippen LogP contribution in [0.15, 0.2) is 42.6 Å². The van der Waals surface area contributed by atoms with Crippen LogP contribution in [-0.4, -0.2) is 25.5 Å². The van der Waals surface area contributed by atoms with E-state index in [1.165, 1.54) is 11.3 Å². The van der Waals surface area contributed by atoms with Gasteiger partial charge in [0.25, 0.3) is 5.91 Å². The van der Waals surface area contributed by atoms with E-state index in [0.29, 0.717) is 27.3 Å². The molecule has 26 heavy (non-hydrogen) atoms. The molecular weight excluding hydrogens is 390 g/mol. The van der Waals surface area contributed by atoms with Gasteiger partial charge in [0, 0.05) is 11.2 Å². The Morgan fingerprint density at radius 2 is 2.15 bits per heavy atom. The normalized spacial score (nSPS) is 11.0. The molecule has 0 atom stereocenters. The van der Waals surface area contributed by atoms with Crippen LogP contribution in [0.4, 0.5) is 5.13 Å². The minimum Gasteiger partial charge on any atom is -0.277 e. The topological polar surface area (TPSA) is 71.9 Å². The molecule has 4 rings (SSSR count). The van der Waals surface area contributed by atoms with Gasteiger partial charge in [-0.1, -0.05) is 33.5 Å². The molecule has 0 saturated heterocycles. The van der Waals surface area contributed by atoms with E-state index in [4.69, 9.17) is 11.6 Å². The molecule has 0 spiro atoms. The summed E-state index contributed by atoms with van der Waals surface area (Å²) in [6.45, 7) is 2.08. The lowest BCUT2D eigenvalue weighted by Gasteiger charge is -2.18. The van der Waals surface area contributed by atoms with Gasteiger partial charge in [-0.05, 0) is 48.8 Å². The van der Waals surface area contributed by atoms with Gasteiger partial charge in [0.1, 0.15) is 4.88 Å². The zero-order chi connectivity index (χ0) is 18.1. The van der Waals surface area contributed by atoms with Crippen LogP contribution in [-0.2, 0) is 6.54 Å². The zero-order valence-electron chi connectivity index (χ0n) is 13.6. The summed E-state index contributed by atoms with van der Waals surface area (Å²) in [4.78, 5) is 24.2. The number of amides is 1. The van der Waals surface area contributed by atoms with Crippen LogP contribution in [0.3, 0.4) is 0 Å². The zero-order valence-corrected chi connectivity index (χ0v) is 16.0. The number of hydrogen-bond acceptors (Lipinski definition) is 7. The molecule has 4 aromatic rings. The molecule has 0 aliphatic carbocycles. The Labute approximate surface area is 162 Å². The Morgan fingerprint density at radius 3 is 2.88 bits per heavy atom. The lowest BCUT2D eigenvalue weighted by atomic mass is 10.3. The minimum absolute atomic E-state index is 0.187. The second-order valence-electron chi connectivity index (χ2n) is 5.51. The SMILES string of the molecule is Cc1nnsc1C(=O)N(Cc1ccccn1)c1nc2ccc(Cl)cc2s1. The van der Waals surface area contributed by atoms with Crippen molar-refractivity contribution in [1.82, 2.24) is 19.6 Å². The van der Waals surface area contributed by atoms with Crippen molar-refractivity contribution in [2.75, 3.05) is 4.90 Å². The van der Waals surface area contributed by atoms with Crippen LogP contribution in [0.25, 0.3) is 10.2 Å². The Kier molecular flexibility index (Phi) is 4.62. The predicted octanol–water partition coefficient (Wildman–Crippen LogP) is 4.35. The predicted molar refractivity (Wildman–Crippen MR) is 104 cm³/mol. The number of benzene rings is 1. The van der Waals surface area contributed by atoms with E-state index < -0.39 is 0 Å². The van der Waals surface area contributed by atoms with Gasteiger partial charge in [0.15, 0.2) is 5.13 Å². The highest BCUT2D eigenvalue weighted by Gasteiger charge is 2.25. The fraction of sp³-hybridized carbons (Fsp3) is 0.118. The van der Waals surface area contributed by atoms with E-state index in [1.807, 2.05) is 30.3 Å². The summed E-state index contributed by atoms with van der Waals surface area (Å²) in [6, 6.07) is 11.1. The van der Waals surface area contributed by atoms with Gasteiger partial charge >= 0.3 is 0 Å². The molecule has 0 aliphatic heterocycles. The first-order chi connectivity index (χ1) is 12.6. The van der Waals surface area contributed by atoms with Crippen LogP contribution < -0.4 is 4.90 Å². The maximum Gasteiger partial charge on any atom is 0.274 e. The summed E-state index contributed by atoms with van der Waals surface area (Å²) < 4.78 is 4.80. The second kappa shape index (κ2) is 7.06. The first-order valence-electron chi connectivity index (χ1n) is 7.68. The van der Waals surface area contributed by atoms with Gasteiger partial charge in [0.2, 0.25) is 0 Å². The lowest BCUT2D eigenvalue weighted by molar-refractivity contribution is 0.0988. The highest BCUT2D eigenvalue weighted by molar-refractivity contribution is 7.22. The van der Waals surface area contributed by atoms with Crippen LogP contribution >= 0.6 is 34.5 Å². The van der Waals surface area contributed by atoms with Gasteiger partial charge in [-0.2, -0.15) is 0 Å². The van der Waals surface area contributed by atoms with Crippen molar-refractivity contribution in [3.8, 4) is 0 Å². The quantitative estimate of drug-likeness (QED) is 0.508. The number of rotatable bonds is 4. The molecule has 0 N–H and O–H groups in total. The summed E-state index contributed by atoms with van der Waals surface area (Å²) in [5, 5.41) is 5.17. The summed E-state index contributed by atoms with van der Waals surface area (Å²) in [6.07, 6.45) is 1.70. The molecule has 0 fully saturated rings. The van der Waals surface area contributed by atoms with Crippen molar-refractivity contribution in [3.63, 3.8) is 0 Å². The number of aryl methyl sites for hydroxylation is 1. The number of carbonyl (C=O) groups is 1. The third-order valence-corrected chi connectivity index (χ3v) is 5.80. The number of nitrogens with zero attached hydrogens (tertiary/aromatic N) is 5. The van der Waals surface area contributed by atoms with Crippen LogP contribution in [0.1, 0.15) is 21.1 Å². The second-order valence-corrected chi connectivity index (χ2v) is 7.71. The molecule has 0 saturated carbocycles. The number of anilines is 1. The lowest BCUT2D eigenvalue weighted by Crippen LogP contribution is -2.30. The van der Waals surface area contributed by atoms with Crippen molar-refractivity contribution < 1.29 is 4.79 Å². The molecule has 130 valence electrons. The molecule has 3 aromatic heterocycles. The molecule has 0 radical (unpaired) electrons. The van der Waals surface area contributed by atoms with Gasteiger partial charge in [-0.3, -0.25) is 14.7 Å². The van der Waals surface area contributed by atoms with E-state index >= 15 is 0 Å². The number of halogens is 1. The number of thiazole rings is 1.